The SMILES string of the molecule is NCC1CCCCN1c1cc(F)ccc1[N+](=O)[O-]. The van der Waals surface area contributed by atoms with Gasteiger partial charge in [-0.15, -0.1) is 0 Å². The van der Waals surface area contributed by atoms with Gasteiger partial charge >= 0.3 is 0 Å². The fourth-order valence-corrected chi connectivity index (χ4v) is 2.44. The van der Waals surface area contributed by atoms with Crippen molar-refractivity contribution in [1.29, 1.82) is 0 Å². The van der Waals surface area contributed by atoms with Crippen molar-refractivity contribution in [3.8, 4) is 0 Å². The van der Waals surface area contributed by atoms with Crippen molar-refractivity contribution < 1.29 is 9.31 Å². The van der Waals surface area contributed by atoms with E-state index in [9.17, 15) is 14.5 Å². The molecule has 1 aromatic carbocycles. The van der Waals surface area contributed by atoms with E-state index in [1.807, 2.05) is 4.90 Å². The maximum Gasteiger partial charge on any atom is 0.292 e. The first-order chi connectivity index (χ1) is 8.63. The Morgan fingerprint density at radius 3 is 2.94 bits per heavy atom. The number of rotatable bonds is 3. The molecule has 0 bridgehead atoms. The lowest BCUT2D eigenvalue weighted by Crippen LogP contribution is -2.44. The van der Waals surface area contributed by atoms with Crippen molar-refractivity contribution in [2.24, 2.45) is 5.73 Å². The number of nitrogens with two attached hydrogens (primary N) is 1. The average molecular weight is 253 g/mol. The first kappa shape index (κ1) is 12.8. The number of piperidine rings is 1. The molecule has 0 radical (unpaired) electrons. The quantitative estimate of drug-likeness (QED) is 0.661. The lowest BCUT2D eigenvalue weighted by atomic mass is 10.0. The molecule has 1 aliphatic rings. The second-order valence-corrected chi connectivity index (χ2v) is 4.47. The minimum absolute atomic E-state index is 0.0549. The van der Waals surface area contributed by atoms with Gasteiger partial charge in [0.25, 0.3) is 5.69 Å². The number of anilines is 1. The molecule has 0 aromatic heterocycles. The van der Waals surface area contributed by atoms with Gasteiger partial charge in [-0.2, -0.15) is 0 Å². The van der Waals surface area contributed by atoms with Gasteiger partial charge in [-0.1, -0.05) is 0 Å². The van der Waals surface area contributed by atoms with Gasteiger partial charge in [0.2, 0.25) is 0 Å². The molecule has 0 spiro atoms. The van der Waals surface area contributed by atoms with Crippen LogP contribution in [0.25, 0.3) is 0 Å². The Kier molecular flexibility index (Phi) is 3.76. The summed E-state index contributed by atoms with van der Waals surface area (Å²) in [5, 5.41) is 11.0. The Morgan fingerprint density at radius 2 is 2.28 bits per heavy atom. The molecule has 1 aromatic rings. The van der Waals surface area contributed by atoms with Gasteiger partial charge in [0, 0.05) is 31.3 Å². The predicted octanol–water partition coefficient (Wildman–Crippen LogP) is 2.05. The second-order valence-electron chi connectivity index (χ2n) is 4.47. The highest BCUT2D eigenvalue weighted by Crippen LogP contribution is 2.33. The Labute approximate surface area is 105 Å². The van der Waals surface area contributed by atoms with Crippen LogP contribution in [-0.4, -0.2) is 24.1 Å². The van der Waals surface area contributed by atoms with E-state index in [4.69, 9.17) is 5.73 Å². The van der Waals surface area contributed by atoms with Crippen LogP contribution in [0.2, 0.25) is 0 Å². The van der Waals surface area contributed by atoms with Crippen LogP contribution >= 0.6 is 0 Å². The third-order valence-corrected chi connectivity index (χ3v) is 3.34. The van der Waals surface area contributed by atoms with Crippen LogP contribution in [0.5, 0.6) is 0 Å². The molecule has 6 heteroatoms. The van der Waals surface area contributed by atoms with Crippen molar-refractivity contribution in [1.82, 2.24) is 0 Å². The Bertz CT molecular complexity index is 453. The normalized spacial score (nSPS) is 19.9. The average Bonchev–Trinajstić information content (AvgIpc) is 2.38. The molecule has 1 atom stereocenters. The minimum Gasteiger partial charge on any atom is -0.362 e. The van der Waals surface area contributed by atoms with Gasteiger partial charge in [0.15, 0.2) is 0 Å². The number of nitro groups is 1. The topological polar surface area (TPSA) is 72.4 Å². The summed E-state index contributed by atoms with van der Waals surface area (Å²) in [5.41, 5.74) is 5.97. The van der Waals surface area contributed by atoms with Gasteiger partial charge in [-0.25, -0.2) is 4.39 Å². The van der Waals surface area contributed by atoms with E-state index in [0.29, 0.717) is 18.8 Å². The molecule has 1 heterocycles. The second kappa shape index (κ2) is 5.30. The Balaban J connectivity index is 2.41. The van der Waals surface area contributed by atoms with Crippen molar-refractivity contribution >= 4 is 11.4 Å². The lowest BCUT2D eigenvalue weighted by molar-refractivity contribution is -0.384. The van der Waals surface area contributed by atoms with Crippen molar-refractivity contribution in [2.75, 3.05) is 18.0 Å². The predicted molar refractivity (Wildman–Crippen MR) is 67.1 cm³/mol. The van der Waals surface area contributed by atoms with Crippen molar-refractivity contribution in [2.45, 2.75) is 25.3 Å². The summed E-state index contributed by atoms with van der Waals surface area (Å²) in [6.07, 6.45) is 2.90. The van der Waals surface area contributed by atoms with Crippen LogP contribution in [0.4, 0.5) is 15.8 Å². The van der Waals surface area contributed by atoms with E-state index in [-0.39, 0.29) is 11.7 Å². The lowest BCUT2D eigenvalue weighted by Gasteiger charge is -2.36. The highest BCUT2D eigenvalue weighted by Gasteiger charge is 2.27. The number of nitro benzene ring substituents is 1. The van der Waals surface area contributed by atoms with Crippen LogP contribution < -0.4 is 10.6 Å². The molecule has 98 valence electrons. The Morgan fingerprint density at radius 1 is 1.50 bits per heavy atom. The molecular formula is C12H16FN3O2. The minimum atomic E-state index is -0.475. The van der Waals surface area contributed by atoms with Gasteiger partial charge in [0.1, 0.15) is 11.5 Å². The summed E-state index contributed by atoms with van der Waals surface area (Å²) >= 11 is 0. The van der Waals surface area contributed by atoms with Crippen LogP contribution in [0, 0.1) is 15.9 Å². The zero-order valence-corrected chi connectivity index (χ0v) is 10.0. The van der Waals surface area contributed by atoms with Gasteiger partial charge < -0.3 is 10.6 Å². The molecular weight excluding hydrogens is 237 g/mol. The molecule has 0 amide bonds. The molecule has 0 saturated carbocycles. The highest BCUT2D eigenvalue weighted by molar-refractivity contribution is 5.64. The number of hydrogen-bond donors (Lipinski definition) is 1. The van der Waals surface area contributed by atoms with Crippen LogP contribution in [-0.2, 0) is 0 Å². The van der Waals surface area contributed by atoms with E-state index in [0.717, 1.165) is 25.3 Å². The maximum absolute atomic E-state index is 13.3. The van der Waals surface area contributed by atoms with Gasteiger partial charge in [0.05, 0.1) is 4.92 Å². The highest BCUT2D eigenvalue weighted by atomic mass is 19.1. The third-order valence-electron chi connectivity index (χ3n) is 3.34. The molecule has 1 saturated heterocycles. The number of nitrogens with zero attached hydrogens (tertiary/aromatic N) is 2. The van der Waals surface area contributed by atoms with Crippen LogP contribution in [0.3, 0.4) is 0 Å². The summed E-state index contributed by atoms with van der Waals surface area (Å²) in [6, 6.07) is 3.61. The zero-order chi connectivity index (χ0) is 13.1. The molecule has 1 fully saturated rings. The first-order valence-corrected chi connectivity index (χ1v) is 6.04. The van der Waals surface area contributed by atoms with E-state index >= 15 is 0 Å². The summed E-state index contributed by atoms with van der Waals surface area (Å²) in [4.78, 5) is 12.4. The molecule has 0 aliphatic carbocycles. The van der Waals surface area contributed by atoms with E-state index in [1.165, 1.54) is 12.1 Å². The van der Waals surface area contributed by atoms with E-state index in [1.54, 1.807) is 0 Å². The number of benzene rings is 1. The number of halogens is 1. The molecule has 18 heavy (non-hydrogen) atoms. The molecule has 1 unspecified atom stereocenters. The van der Waals surface area contributed by atoms with Gasteiger partial charge in [-0.05, 0) is 25.3 Å². The summed E-state index contributed by atoms with van der Waals surface area (Å²) in [5.74, 6) is -0.461. The van der Waals surface area contributed by atoms with Crippen LogP contribution in [0.1, 0.15) is 19.3 Å². The summed E-state index contributed by atoms with van der Waals surface area (Å²) < 4.78 is 13.3. The van der Waals surface area contributed by atoms with E-state index < -0.39 is 10.7 Å². The first-order valence-electron chi connectivity index (χ1n) is 6.04. The smallest absolute Gasteiger partial charge is 0.292 e. The summed E-state index contributed by atoms with van der Waals surface area (Å²) in [6.45, 7) is 1.11. The monoisotopic (exact) mass is 253 g/mol. The van der Waals surface area contributed by atoms with Gasteiger partial charge in [-0.3, -0.25) is 10.1 Å². The van der Waals surface area contributed by atoms with E-state index in [2.05, 4.69) is 0 Å². The largest absolute Gasteiger partial charge is 0.362 e. The Hall–Kier alpha value is -1.69. The standard InChI is InChI=1S/C12H16FN3O2/c13-9-4-5-11(16(17)18)12(7-9)15-6-2-1-3-10(15)8-14/h4-5,7,10H,1-3,6,8,14H2. The fourth-order valence-electron chi connectivity index (χ4n) is 2.44. The molecule has 5 nitrogen and oxygen atoms in total. The maximum atomic E-state index is 13.3. The fraction of sp³-hybridized carbons (Fsp3) is 0.500. The number of hydrogen-bond acceptors (Lipinski definition) is 4. The molecule has 2 N–H and O–H groups in total. The summed E-state index contributed by atoms with van der Waals surface area (Å²) in [7, 11) is 0. The molecule has 2 rings (SSSR count). The zero-order valence-electron chi connectivity index (χ0n) is 10.0. The van der Waals surface area contributed by atoms with Crippen molar-refractivity contribution in [3.05, 3.63) is 34.1 Å². The molecule has 1 aliphatic heterocycles. The third kappa shape index (κ3) is 2.43. The van der Waals surface area contributed by atoms with Crippen molar-refractivity contribution in [3.63, 3.8) is 0 Å². The van der Waals surface area contributed by atoms with Crippen LogP contribution in [0.15, 0.2) is 18.2 Å².